The van der Waals surface area contributed by atoms with Crippen LogP contribution in [-0.2, 0) is 0 Å². The summed E-state index contributed by atoms with van der Waals surface area (Å²) in [5, 5.41) is 9.86. The Kier molecular flexibility index (Phi) is 2.93. The van der Waals surface area contributed by atoms with Gasteiger partial charge in [0.15, 0.2) is 0 Å². The van der Waals surface area contributed by atoms with Gasteiger partial charge in [0.1, 0.15) is 0 Å². The van der Waals surface area contributed by atoms with Crippen LogP contribution in [0.3, 0.4) is 0 Å². The molecule has 0 saturated carbocycles. The molecule has 1 aromatic rings. The lowest BCUT2D eigenvalue weighted by atomic mass is 9.79. The monoisotopic (exact) mass is 245 g/mol. The topological polar surface area (TPSA) is 42.2 Å². The molecule has 0 fully saturated rings. The van der Waals surface area contributed by atoms with Crippen LogP contribution in [0.1, 0.15) is 38.4 Å². The van der Waals surface area contributed by atoms with E-state index in [1.165, 1.54) is 11.6 Å². The third kappa shape index (κ3) is 2.26. The number of nitrogens with zero attached hydrogens (tertiary/aromatic N) is 1. The molecule has 0 aliphatic heterocycles. The molecule has 2 rings (SSSR count). The molecule has 1 aliphatic carbocycles. The van der Waals surface area contributed by atoms with Gasteiger partial charge in [-0.15, -0.1) is 4.73 Å². The van der Waals surface area contributed by atoms with Gasteiger partial charge in [0, 0.05) is 11.6 Å². The van der Waals surface area contributed by atoms with Crippen molar-refractivity contribution in [3.8, 4) is 0 Å². The molecule has 1 heterocycles. The second-order valence-corrected chi connectivity index (χ2v) is 5.76. The molecule has 3 heteroatoms. The molecule has 0 saturated heterocycles. The summed E-state index contributed by atoms with van der Waals surface area (Å²) in [6.45, 7) is 8.25. The molecule has 0 amide bonds. The van der Waals surface area contributed by atoms with Crippen molar-refractivity contribution in [1.82, 2.24) is 4.73 Å². The Morgan fingerprint density at radius 3 is 2.56 bits per heavy atom. The largest absolute Gasteiger partial charge is 0.425 e. The minimum atomic E-state index is -0.386. The van der Waals surface area contributed by atoms with Gasteiger partial charge in [0.05, 0.1) is 5.69 Å². The summed E-state index contributed by atoms with van der Waals surface area (Å²) in [4.78, 5) is 11.6. The number of hydrogen-bond acceptors (Lipinski definition) is 2. The van der Waals surface area contributed by atoms with Gasteiger partial charge >= 0.3 is 0 Å². The van der Waals surface area contributed by atoms with E-state index in [1.54, 1.807) is 0 Å². The highest BCUT2D eigenvalue weighted by Gasteiger charge is 2.22. The van der Waals surface area contributed by atoms with Gasteiger partial charge < -0.3 is 5.21 Å². The van der Waals surface area contributed by atoms with Crippen LogP contribution < -0.4 is 5.56 Å². The van der Waals surface area contributed by atoms with Crippen molar-refractivity contribution in [3.05, 3.63) is 51.5 Å². The van der Waals surface area contributed by atoms with E-state index in [9.17, 15) is 10.0 Å². The first-order chi connectivity index (χ1) is 8.30. The smallest absolute Gasteiger partial charge is 0.283 e. The molecular weight excluding hydrogens is 226 g/mol. The van der Waals surface area contributed by atoms with Crippen molar-refractivity contribution in [2.75, 3.05) is 0 Å². The van der Waals surface area contributed by atoms with Crippen LogP contribution in [0, 0.1) is 12.3 Å². The maximum atomic E-state index is 11.6. The standard InChI is InChI=1S/C15H19NO2/c1-10-7-13(16(18)14(17)8-10)12-5-6-15(3,4)9-11(12)2/h5-8,18H,9H2,1-4H3. The lowest BCUT2D eigenvalue weighted by molar-refractivity contribution is 0.172. The van der Waals surface area contributed by atoms with Crippen molar-refractivity contribution >= 4 is 5.57 Å². The van der Waals surface area contributed by atoms with Gasteiger partial charge in [-0.1, -0.05) is 31.6 Å². The molecule has 0 bridgehead atoms. The summed E-state index contributed by atoms with van der Waals surface area (Å²) < 4.78 is 0.731. The number of allylic oxidation sites excluding steroid dienone is 4. The molecule has 18 heavy (non-hydrogen) atoms. The predicted molar refractivity (Wildman–Crippen MR) is 72.8 cm³/mol. The van der Waals surface area contributed by atoms with Crippen LogP contribution in [0.5, 0.6) is 0 Å². The number of rotatable bonds is 1. The second kappa shape index (κ2) is 4.16. The number of pyridine rings is 1. The molecule has 0 aromatic carbocycles. The predicted octanol–water partition coefficient (Wildman–Crippen LogP) is 3.15. The number of aromatic nitrogens is 1. The molecular formula is C15H19NO2. The lowest BCUT2D eigenvalue weighted by Crippen LogP contribution is -2.22. The van der Waals surface area contributed by atoms with Gasteiger partial charge in [-0.3, -0.25) is 4.79 Å². The molecule has 3 nitrogen and oxygen atoms in total. The Bertz CT molecular complexity index is 603. The summed E-state index contributed by atoms with van der Waals surface area (Å²) >= 11 is 0. The van der Waals surface area contributed by atoms with Gasteiger partial charge in [0.2, 0.25) is 0 Å². The van der Waals surface area contributed by atoms with Gasteiger partial charge in [-0.05, 0) is 37.3 Å². The van der Waals surface area contributed by atoms with Gasteiger partial charge in [-0.25, -0.2) is 0 Å². The Morgan fingerprint density at radius 2 is 1.94 bits per heavy atom. The van der Waals surface area contributed by atoms with E-state index in [0.717, 1.165) is 22.3 Å². The first-order valence-corrected chi connectivity index (χ1v) is 6.12. The van der Waals surface area contributed by atoms with E-state index in [1.807, 2.05) is 26.0 Å². The van der Waals surface area contributed by atoms with Crippen LogP contribution in [0.4, 0.5) is 0 Å². The fourth-order valence-corrected chi connectivity index (χ4v) is 2.48. The van der Waals surface area contributed by atoms with Crippen molar-refractivity contribution in [2.24, 2.45) is 5.41 Å². The fourth-order valence-electron chi connectivity index (χ4n) is 2.48. The van der Waals surface area contributed by atoms with Crippen LogP contribution in [0.15, 0.2) is 34.7 Å². The third-order valence-corrected chi connectivity index (χ3v) is 3.31. The quantitative estimate of drug-likeness (QED) is 0.772. The van der Waals surface area contributed by atoms with Gasteiger partial charge in [-0.2, -0.15) is 0 Å². The van der Waals surface area contributed by atoms with E-state index in [-0.39, 0.29) is 11.0 Å². The van der Waals surface area contributed by atoms with Crippen molar-refractivity contribution in [1.29, 1.82) is 0 Å². The Balaban J connectivity index is 2.58. The van der Waals surface area contributed by atoms with Crippen molar-refractivity contribution in [3.63, 3.8) is 0 Å². The molecule has 0 spiro atoms. The molecule has 1 N–H and O–H groups in total. The van der Waals surface area contributed by atoms with E-state index in [2.05, 4.69) is 19.9 Å². The van der Waals surface area contributed by atoms with Crippen LogP contribution in [0.25, 0.3) is 5.57 Å². The average molecular weight is 245 g/mol. The van der Waals surface area contributed by atoms with Crippen molar-refractivity contribution in [2.45, 2.75) is 34.1 Å². The first kappa shape index (κ1) is 12.7. The molecule has 0 radical (unpaired) electrons. The van der Waals surface area contributed by atoms with Gasteiger partial charge in [0.25, 0.3) is 5.56 Å². The summed E-state index contributed by atoms with van der Waals surface area (Å²) in [6.07, 6.45) is 5.06. The maximum absolute atomic E-state index is 11.6. The van der Waals surface area contributed by atoms with Crippen molar-refractivity contribution < 1.29 is 5.21 Å². The zero-order valence-corrected chi connectivity index (χ0v) is 11.3. The van der Waals surface area contributed by atoms with E-state index >= 15 is 0 Å². The van der Waals surface area contributed by atoms with Crippen LogP contribution in [0.2, 0.25) is 0 Å². The lowest BCUT2D eigenvalue weighted by Gasteiger charge is -2.27. The summed E-state index contributed by atoms with van der Waals surface area (Å²) in [6, 6.07) is 3.26. The summed E-state index contributed by atoms with van der Waals surface area (Å²) in [5.74, 6) is 0. The van der Waals surface area contributed by atoms with E-state index in [4.69, 9.17) is 0 Å². The van der Waals surface area contributed by atoms with Crippen LogP contribution >= 0.6 is 0 Å². The Labute approximate surface area is 107 Å². The maximum Gasteiger partial charge on any atom is 0.283 e. The highest BCUT2D eigenvalue weighted by molar-refractivity contribution is 5.76. The Hall–Kier alpha value is -1.77. The summed E-state index contributed by atoms with van der Waals surface area (Å²) in [5.41, 5.74) is 3.32. The third-order valence-electron chi connectivity index (χ3n) is 3.31. The molecule has 0 atom stereocenters. The minimum Gasteiger partial charge on any atom is -0.425 e. The average Bonchev–Trinajstić information content (AvgIpc) is 2.23. The van der Waals surface area contributed by atoms with Crippen LogP contribution in [-0.4, -0.2) is 9.94 Å². The zero-order chi connectivity index (χ0) is 13.5. The fraction of sp³-hybridized carbons (Fsp3) is 0.400. The summed E-state index contributed by atoms with van der Waals surface area (Å²) in [7, 11) is 0. The SMILES string of the molecule is CC1=C(c2cc(C)cc(=O)n2O)C=CC(C)(C)C1. The van der Waals surface area contributed by atoms with E-state index < -0.39 is 0 Å². The highest BCUT2D eigenvalue weighted by atomic mass is 16.5. The normalized spacial score (nSPS) is 18.2. The zero-order valence-electron chi connectivity index (χ0n) is 11.3. The molecule has 0 unspecified atom stereocenters. The molecule has 96 valence electrons. The number of aryl methyl sites for hydroxylation is 1. The second-order valence-electron chi connectivity index (χ2n) is 5.76. The highest BCUT2D eigenvalue weighted by Crippen LogP contribution is 2.36. The molecule has 1 aromatic heterocycles. The first-order valence-electron chi connectivity index (χ1n) is 6.12. The van der Waals surface area contributed by atoms with E-state index in [0.29, 0.717) is 5.69 Å². The Morgan fingerprint density at radius 1 is 1.28 bits per heavy atom. The molecule has 1 aliphatic rings. The number of hydrogen-bond donors (Lipinski definition) is 1. The minimum absolute atomic E-state index is 0.137.